The van der Waals surface area contributed by atoms with Crippen LogP contribution in [-0.4, -0.2) is 20.4 Å². The number of para-hydroxylation sites is 2. The summed E-state index contributed by atoms with van der Waals surface area (Å²) in [6.07, 6.45) is 0. The Hall–Kier alpha value is -4.50. The zero-order valence-corrected chi connectivity index (χ0v) is 17.4. The van der Waals surface area contributed by atoms with Gasteiger partial charge in [0.05, 0.1) is 17.1 Å². The number of carbonyl (C=O) groups is 1. The second-order valence-electron chi connectivity index (χ2n) is 7.50. The fourth-order valence-electron chi connectivity index (χ4n) is 3.92. The second kappa shape index (κ2) is 7.97. The quantitative estimate of drug-likeness (QED) is 0.429. The maximum atomic E-state index is 13.0. The van der Waals surface area contributed by atoms with E-state index in [1.54, 1.807) is 24.3 Å². The first-order chi connectivity index (χ1) is 15.7. The molecule has 0 aliphatic rings. The van der Waals surface area contributed by atoms with Crippen LogP contribution < -0.4 is 5.32 Å². The summed E-state index contributed by atoms with van der Waals surface area (Å²) in [7, 11) is 0. The lowest BCUT2D eigenvalue weighted by Crippen LogP contribution is -2.18. The lowest BCUT2D eigenvalue weighted by molar-refractivity contribution is 0.102. The highest BCUT2D eigenvalue weighted by Crippen LogP contribution is 2.34. The SMILES string of the molecule is CC(c1ccccc1)n1c(NC(=O)c2ccccc2)c(C#N)c2nc3ccccc3nc21. The first-order valence-electron chi connectivity index (χ1n) is 10.3. The van der Waals surface area contributed by atoms with Gasteiger partial charge in [0.15, 0.2) is 5.65 Å². The van der Waals surface area contributed by atoms with Crippen LogP contribution in [0.25, 0.3) is 22.2 Å². The van der Waals surface area contributed by atoms with Gasteiger partial charge in [-0.2, -0.15) is 5.26 Å². The van der Waals surface area contributed by atoms with Gasteiger partial charge in [0, 0.05) is 5.56 Å². The van der Waals surface area contributed by atoms with E-state index in [1.165, 1.54) is 0 Å². The van der Waals surface area contributed by atoms with Crippen LogP contribution in [0.3, 0.4) is 0 Å². The minimum atomic E-state index is -0.295. The van der Waals surface area contributed by atoms with Gasteiger partial charge >= 0.3 is 0 Å². The van der Waals surface area contributed by atoms with Crippen molar-refractivity contribution in [1.82, 2.24) is 14.5 Å². The summed E-state index contributed by atoms with van der Waals surface area (Å²) in [5.74, 6) is 0.0963. The largest absolute Gasteiger partial charge is 0.307 e. The number of rotatable bonds is 4. The monoisotopic (exact) mass is 417 g/mol. The Morgan fingerprint density at radius 2 is 1.50 bits per heavy atom. The van der Waals surface area contributed by atoms with Gasteiger partial charge in [-0.15, -0.1) is 0 Å². The molecule has 0 aliphatic carbocycles. The number of anilines is 1. The standard InChI is InChI=1S/C26H19N5O/c1-17(18-10-4-2-5-11-18)31-24(30-26(32)19-12-6-3-7-13-19)20(16-27)23-25(31)29-22-15-9-8-14-21(22)28-23/h2-15,17H,1H3,(H,30,32). The van der Waals surface area contributed by atoms with Gasteiger partial charge < -0.3 is 9.88 Å². The van der Waals surface area contributed by atoms with Crippen LogP contribution in [0.2, 0.25) is 0 Å². The molecule has 0 saturated heterocycles. The highest BCUT2D eigenvalue weighted by atomic mass is 16.1. The smallest absolute Gasteiger partial charge is 0.256 e. The molecule has 1 N–H and O–H groups in total. The summed E-state index contributed by atoms with van der Waals surface area (Å²) in [5, 5.41) is 13.0. The van der Waals surface area contributed by atoms with Crippen molar-refractivity contribution in [3.05, 3.63) is 102 Å². The highest BCUT2D eigenvalue weighted by molar-refractivity contribution is 6.06. The summed E-state index contributed by atoms with van der Waals surface area (Å²) in [6, 6.07) is 28.4. The van der Waals surface area contributed by atoms with Crippen molar-refractivity contribution in [3.8, 4) is 6.07 Å². The Balaban J connectivity index is 1.77. The number of nitrogens with zero attached hydrogens (tertiary/aromatic N) is 4. The number of benzene rings is 3. The van der Waals surface area contributed by atoms with Crippen molar-refractivity contribution in [2.24, 2.45) is 0 Å². The van der Waals surface area contributed by atoms with Crippen LogP contribution in [0, 0.1) is 11.3 Å². The molecule has 0 aliphatic heterocycles. The summed E-state index contributed by atoms with van der Waals surface area (Å²) in [5.41, 5.74) is 4.28. The molecule has 0 spiro atoms. The molecule has 0 fully saturated rings. The fourth-order valence-corrected chi connectivity index (χ4v) is 3.92. The fraction of sp³-hybridized carbons (Fsp3) is 0.0769. The zero-order chi connectivity index (χ0) is 22.1. The summed E-state index contributed by atoms with van der Waals surface area (Å²) < 4.78 is 1.89. The Labute approximate surface area is 184 Å². The van der Waals surface area contributed by atoms with Crippen LogP contribution in [0.15, 0.2) is 84.9 Å². The van der Waals surface area contributed by atoms with E-state index < -0.39 is 0 Å². The van der Waals surface area contributed by atoms with E-state index in [9.17, 15) is 10.1 Å². The summed E-state index contributed by atoms with van der Waals surface area (Å²) in [4.78, 5) is 22.6. The molecule has 1 unspecified atom stereocenters. The van der Waals surface area contributed by atoms with Gasteiger partial charge in [0.25, 0.3) is 5.91 Å². The molecular weight excluding hydrogens is 398 g/mol. The van der Waals surface area contributed by atoms with Gasteiger partial charge in [-0.3, -0.25) is 4.79 Å². The summed E-state index contributed by atoms with van der Waals surface area (Å²) in [6.45, 7) is 2.02. The molecule has 6 nitrogen and oxygen atoms in total. The van der Waals surface area contributed by atoms with Gasteiger partial charge in [-0.1, -0.05) is 60.7 Å². The Morgan fingerprint density at radius 1 is 0.906 bits per heavy atom. The molecule has 2 heterocycles. The molecule has 5 aromatic rings. The second-order valence-corrected chi connectivity index (χ2v) is 7.50. The van der Waals surface area contributed by atoms with Crippen LogP contribution in [0.5, 0.6) is 0 Å². The maximum absolute atomic E-state index is 13.0. The minimum Gasteiger partial charge on any atom is -0.307 e. The van der Waals surface area contributed by atoms with Crippen molar-refractivity contribution in [2.45, 2.75) is 13.0 Å². The molecule has 0 bridgehead atoms. The van der Waals surface area contributed by atoms with E-state index in [2.05, 4.69) is 11.4 Å². The molecule has 154 valence electrons. The zero-order valence-electron chi connectivity index (χ0n) is 17.4. The van der Waals surface area contributed by atoms with Crippen molar-refractivity contribution in [3.63, 3.8) is 0 Å². The lowest BCUT2D eigenvalue weighted by Gasteiger charge is -2.19. The third-order valence-corrected chi connectivity index (χ3v) is 5.54. The summed E-state index contributed by atoms with van der Waals surface area (Å²) >= 11 is 0. The van der Waals surface area contributed by atoms with Gasteiger partial charge in [0.2, 0.25) is 0 Å². The number of fused-ring (bicyclic) bond motifs is 2. The number of hydrogen-bond acceptors (Lipinski definition) is 4. The Kier molecular flexibility index (Phi) is 4.85. The molecule has 0 saturated carbocycles. The average Bonchev–Trinajstić information content (AvgIpc) is 3.14. The molecule has 2 aromatic heterocycles. The molecule has 1 amide bonds. The van der Waals surface area contributed by atoms with E-state index >= 15 is 0 Å². The molecule has 0 radical (unpaired) electrons. The third-order valence-electron chi connectivity index (χ3n) is 5.54. The number of nitriles is 1. The van der Waals surface area contributed by atoms with Gasteiger partial charge in [-0.05, 0) is 36.8 Å². The third kappa shape index (κ3) is 3.26. The average molecular weight is 417 g/mol. The number of carbonyl (C=O) groups excluding carboxylic acids is 1. The highest BCUT2D eigenvalue weighted by Gasteiger charge is 2.26. The lowest BCUT2D eigenvalue weighted by atomic mass is 10.1. The molecule has 32 heavy (non-hydrogen) atoms. The van der Waals surface area contributed by atoms with E-state index in [0.29, 0.717) is 33.6 Å². The van der Waals surface area contributed by atoms with Crippen molar-refractivity contribution in [1.29, 1.82) is 5.26 Å². The molecule has 5 rings (SSSR count). The van der Waals surface area contributed by atoms with E-state index in [4.69, 9.17) is 9.97 Å². The van der Waals surface area contributed by atoms with E-state index in [1.807, 2.05) is 72.2 Å². The Bertz CT molecular complexity index is 1480. The van der Waals surface area contributed by atoms with Crippen molar-refractivity contribution < 1.29 is 4.79 Å². The predicted molar refractivity (Wildman–Crippen MR) is 124 cm³/mol. The van der Waals surface area contributed by atoms with E-state index in [-0.39, 0.29) is 11.9 Å². The Morgan fingerprint density at radius 3 is 2.16 bits per heavy atom. The van der Waals surface area contributed by atoms with Gasteiger partial charge in [-0.25, -0.2) is 9.97 Å². The van der Waals surface area contributed by atoms with Crippen molar-refractivity contribution >= 4 is 33.9 Å². The first-order valence-corrected chi connectivity index (χ1v) is 10.3. The number of amides is 1. The predicted octanol–water partition coefficient (Wildman–Crippen LogP) is 5.32. The maximum Gasteiger partial charge on any atom is 0.256 e. The molecule has 6 heteroatoms. The molecular formula is C26H19N5O. The first kappa shape index (κ1) is 19.5. The van der Waals surface area contributed by atoms with Crippen LogP contribution in [0.4, 0.5) is 5.82 Å². The topological polar surface area (TPSA) is 83.6 Å². The number of hydrogen-bond donors (Lipinski definition) is 1. The van der Waals surface area contributed by atoms with Crippen LogP contribution in [0.1, 0.15) is 34.5 Å². The number of nitrogens with one attached hydrogen (secondary N) is 1. The van der Waals surface area contributed by atoms with Crippen LogP contribution in [-0.2, 0) is 0 Å². The molecule has 3 aromatic carbocycles. The molecule has 1 atom stereocenters. The van der Waals surface area contributed by atoms with Crippen molar-refractivity contribution in [2.75, 3.05) is 5.32 Å². The van der Waals surface area contributed by atoms with Crippen LogP contribution >= 0.6 is 0 Å². The van der Waals surface area contributed by atoms with Gasteiger partial charge in [0.1, 0.15) is 23.0 Å². The number of aromatic nitrogens is 3. The van der Waals surface area contributed by atoms with E-state index in [0.717, 1.165) is 11.1 Å². The minimum absolute atomic E-state index is 0.192. The normalized spacial score (nSPS) is 11.9.